The van der Waals surface area contributed by atoms with Crippen molar-refractivity contribution in [1.29, 1.82) is 0 Å². The molecule has 0 aromatic heterocycles. The largest absolute Gasteiger partial charge is 0.284 e. The van der Waals surface area contributed by atoms with Crippen LogP contribution in [0.3, 0.4) is 0 Å². The molecule has 0 aliphatic carbocycles. The van der Waals surface area contributed by atoms with Crippen LogP contribution in [-0.4, -0.2) is 22.5 Å². The Bertz CT molecular complexity index is 425. The van der Waals surface area contributed by atoms with E-state index in [-0.39, 0.29) is 0 Å². The molecule has 0 saturated carbocycles. The fraction of sp³-hybridized carbons (Fsp3) is 0.273. The molecule has 1 aromatic carbocycles. The summed E-state index contributed by atoms with van der Waals surface area (Å²) in [5.74, 6) is -1.19. The highest BCUT2D eigenvalue weighted by Crippen LogP contribution is 2.22. The highest BCUT2D eigenvalue weighted by atomic mass is 17.1. The van der Waals surface area contributed by atoms with E-state index in [1.807, 2.05) is 37.3 Å². The molecule has 4 heteroatoms. The molecular weight excluding hydrogens is 192 g/mol. The van der Waals surface area contributed by atoms with Crippen LogP contribution in [0.2, 0.25) is 0 Å². The highest BCUT2D eigenvalue weighted by molar-refractivity contribution is 6.48. The zero-order chi connectivity index (χ0) is 10.9. The van der Waals surface area contributed by atoms with Crippen molar-refractivity contribution in [3.63, 3.8) is 0 Å². The second-order valence-corrected chi connectivity index (χ2v) is 3.55. The molecule has 1 aliphatic heterocycles. The summed E-state index contributed by atoms with van der Waals surface area (Å²) in [7, 11) is 0. The number of hydrogen-bond donors (Lipinski definition) is 1. The Hall–Kier alpha value is -1.52. The summed E-state index contributed by atoms with van der Waals surface area (Å²) in [5.41, 5.74) is 2.49. The first-order valence-electron chi connectivity index (χ1n) is 4.69. The van der Waals surface area contributed by atoms with Crippen molar-refractivity contribution in [2.45, 2.75) is 19.7 Å². The molecule has 1 aliphatic rings. The average Bonchev–Trinajstić information content (AvgIpc) is 2.57. The van der Waals surface area contributed by atoms with Gasteiger partial charge >= 0.3 is 0 Å². The summed E-state index contributed by atoms with van der Waals surface area (Å²) in [6, 6.07) is 9.69. The van der Waals surface area contributed by atoms with Gasteiger partial charge in [0, 0.05) is 12.5 Å². The normalized spacial score (nSPS) is 25.0. The summed E-state index contributed by atoms with van der Waals surface area (Å²) in [6.07, 6.45) is 0. The van der Waals surface area contributed by atoms with E-state index in [1.165, 1.54) is 0 Å². The summed E-state index contributed by atoms with van der Waals surface area (Å²) in [5, 5.41) is 8.69. The molecule has 78 valence electrons. The molecule has 1 atom stereocenters. The van der Waals surface area contributed by atoms with Crippen LogP contribution in [0.15, 0.2) is 40.3 Å². The van der Waals surface area contributed by atoms with Crippen LogP contribution in [-0.2, 0) is 4.89 Å². The second kappa shape index (κ2) is 3.56. The van der Waals surface area contributed by atoms with Crippen LogP contribution in [0.5, 0.6) is 0 Å². The van der Waals surface area contributed by atoms with Gasteiger partial charge in [0.15, 0.2) is 0 Å². The van der Waals surface area contributed by atoms with Gasteiger partial charge in [-0.1, -0.05) is 30.3 Å². The van der Waals surface area contributed by atoms with Gasteiger partial charge in [0.2, 0.25) is 0 Å². The van der Waals surface area contributed by atoms with Crippen molar-refractivity contribution < 1.29 is 10.1 Å². The van der Waals surface area contributed by atoms with Crippen LogP contribution in [0.4, 0.5) is 0 Å². The molecule has 0 fully saturated rings. The summed E-state index contributed by atoms with van der Waals surface area (Å²) in [4.78, 5) is 12.6. The summed E-state index contributed by atoms with van der Waals surface area (Å²) in [6.45, 7) is 3.45. The van der Waals surface area contributed by atoms with Gasteiger partial charge in [-0.05, 0) is 6.92 Å². The Balaban J connectivity index is 2.41. The van der Waals surface area contributed by atoms with Crippen molar-refractivity contribution in [2.75, 3.05) is 0 Å². The van der Waals surface area contributed by atoms with Crippen LogP contribution < -0.4 is 0 Å². The number of benzene rings is 1. The smallest absolute Gasteiger partial charge is 0.247 e. The Morgan fingerprint density at radius 3 is 2.40 bits per heavy atom. The summed E-state index contributed by atoms with van der Waals surface area (Å²) < 4.78 is 0. The van der Waals surface area contributed by atoms with E-state index >= 15 is 0 Å². The van der Waals surface area contributed by atoms with E-state index < -0.39 is 5.85 Å². The fourth-order valence-corrected chi connectivity index (χ4v) is 1.59. The van der Waals surface area contributed by atoms with E-state index in [0.29, 0.717) is 0 Å². The lowest BCUT2D eigenvalue weighted by molar-refractivity contribution is -0.312. The topological polar surface area (TPSA) is 54.2 Å². The van der Waals surface area contributed by atoms with E-state index in [1.54, 1.807) is 6.92 Å². The molecular formula is C11H12N2O2. The number of rotatable bonds is 2. The van der Waals surface area contributed by atoms with Crippen molar-refractivity contribution in [2.24, 2.45) is 9.98 Å². The van der Waals surface area contributed by atoms with E-state index in [2.05, 4.69) is 14.9 Å². The Morgan fingerprint density at radius 2 is 1.87 bits per heavy atom. The quantitative estimate of drug-likeness (QED) is 0.592. The van der Waals surface area contributed by atoms with Gasteiger partial charge < -0.3 is 0 Å². The molecule has 0 amide bonds. The number of aliphatic imine (C=N–C) groups is 2. The monoisotopic (exact) mass is 204 g/mol. The highest BCUT2D eigenvalue weighted by Gasteiger charge is 2.31. The van der Waals surface area contributed by atoms with Crippen molar-refractivity contribution >= 4 is 11.4 Å². The molecule has 1 heterocycles. The molecule has 1 unspecified atom stereocenters. The van der Waals surface area contributed by atoms with Gasteiger partial charge in [-0.15, -0.1) is 0 Å². The number of nitrogens with zero attached hydrogens (tertiary/aromatic N) is 2. The standard InChI is InChI=1S/C11H12N2O2/c1-8-10(9-6-4-3-5-7-9)13-11(2,12-8)15-14/h3-7,14H,1-2H3. The molecule has 1 N–H and O–H groups in total. The van der Waals surface area contributed by atoms with Gasteiger partial charge in [-0.2, -0.15) is 4.89 Å². The van der Waals surface area contributed by atoms with E-state index in [9.17, 15) is 0 Å². The van der Waals surface area contributed by atoms with Crippen LogP contribution >= 0.6 is 0 Å². The SMILES string of the molecule is CC1=NC(C)(OO)N=C1c1ccccc1. The predicted molar refractivity (Wildman–Crippen MR) is 58.2 cm³/mol. The van der Waals surface area contributed by atoms with E-state index in [4.69, 9.17) is 5.26 Å². The number of hydrogen-bond acceptors (Lipinski definition) is 4. The zero-order valence-electron chi connectivity index (χ0n) is 8.64. The van der Waals surface area contributed by atoms with Gasteiger partial charge in [-0.3, -0.25) is 0 Å². The minimum Gasteiger partial charge on any atom is -0.247 e. The molecule has 0 bridgehead atoms. The Kier molecular flexibility index (Phi) is 2.38. The maximum atomic E-state index is 8.69. The van der Waals surface area contributed by atoms with E-state index in [0.717, 1.165) is 17.0 Å². The molecule has 0 spiro atoms. The van der Waals surface area contributed by atoms with Crippen LogP contribution in [0.1, 0.15) is 19.4 Å². The second-order valence-electron chi connectivity index (χ2n) is 3.55. The lowest BCUT2D eigenvalue weighted by atomic mass is 10.1. The molecule has 1 aromatic rings. The van der Waals surface area contributed by atoms with Gasteiger partial charge in [-0.25, -0.2) is 15.2 Å². The van der Waals surface area contributed by atoms with Crippen molar-refractivity contribution in [1.82, 2.24) is 0 Å². The Labute approximate surface area is 87.9 Å². The molecule has 0 radical (unpaired) electrons. The third kappa shape index (κ3) is 1.82. The third-order valence-corrected chi connectivity index (χ3v) is 2.26. The average molecular weight is 204 g/mol. The first-order valence-corrected chi connectivity index (χ1v) is 4.69. The third-order valence-electron chi connectivity index (χ3n) is 2.26. The zero-order valence-corrected chi connectivity index (χ0v) is 8.64. The van der Waals surface area contributed by atoms with Crippen LogP contribution in [0.25, 0.3) is 0 Å². The van der Waals surface area contributed by atoms with Crippen LogP contribution in [0, 0.1) is 0 Å². The molecule has 15 heavy (non-hydrogen) atoms. The molecule has 2 rings (SSSR count). The van der Waals surface area contributed by atoms with Gasteiger partial charge in [0.1, 0.15) is 0 Å². The van der Waals surface area contributed by atoms with Gasteiger partial charge in [0.25, 0.3) is 5.85 Å². The predicted octanol–water partition coefficient (Wildman–Crippen LogP) is 2.11. The lowest BCUT2D eigenvalue weighted by Gasteiger charge is -2.10. The van der Waals surface area contributed by atoms with Gasteiger partial charge in [0.05, 0.1) is 11.4 Å². The first-order chi connectivity index (χ1) is 7.14. The van der Waals surface area contributed by atoms with Crippen molar-refractivity contribution in [3.05, 3.63) is 35.9 Å². The maximum Gasteiger partial charge on any atom is 0.284 e. The molecule has 4 nitrogen and oxygen atoms in total. The minimum absolute atomic E-state index is 0.757. The summed E-state index contributed by atoms with van der Waals surface area (Å²) >= 11 is 0. The first kappa shape index (κ1) is 10.0. The van der Waals surface area contributed by atoms with Crippen molar-refractivity contribution in [3.8, 4) is 0 Å². The maximum absolute atomic E-state index is 8.69. The lowest BCUT2D eigenvalue weighted by Crippen LogP contribution is -2.19. The minimum atomic E-state index is -1.19. The Morgan fingerprint density at radius 1 is 1.20 bits per heavy atom. The molecule has 0 saturated heterocycles. The fourth-order valence-electron chi connectivity index (χ4n) is 1.59.